The van der Waals surface area contributed by atoms with E-state index in [9.17, 15) is 4.79 Å². The van der Waals surface area contributed by atoms with Gasteiger partial charge in [0.1, 0.15) is 0 Å². The number of hydrogen-bond acceptors (Lipinski definition) is 3. The Balaban J connectivity index is 2.53. The zero-order valence-electron chi connectivity index (χ0n) is 11.9. The molecule has 0 aliphatic heterocycles. The summed E-state index contributed by atoms with van der Waals surface area (Å²) in [6.07, 6.45) is 0.589. The largest absolute Gasteiger partial charge is 0.396 e. The second kappa shape index (κ2) is 8.67. The van der Waals surface area contributed by atoms with Crippen LogP contribution < -0.4 is 5.32 Å². The highest BCUT2D eigenvalue weighted by atomic mass is 16.3. The molecule has 19 heavy (non-hydrogen) atoms. The Labute approximate surface area is 115 Å². The number of nitrogens with zero attached hydrogens (tertiary/aromatic N) is 1. The number of aliphatic hydroxyl groups excluding tert-OH is 1. The molecule has 0 bridgehead atoms. The lowest BCUT2D eigenvalue weighted by molar-refractivity contribution is 0.0951. The normalized spacial score (nSPS) is 10.7. The van der Waals surface area contributed by atoms with E-state index in [1.165, 1.54) is 5.56 Å². The molecule has 0 heterocycles. The van der Waals surface area contributed by atoms with Crippen LogP contribution in [0.5, 0.6) is 0 Å². The molecular weight excluding hydrogens is 240 g/mol. The van der Waals surface area contributed by atoms with Crippen molar-refractivity contribution in [2.45, 2.75) is 26.8 Å². The quantitative estimate of drug-likeness (QED) is 0.702. The lowest BCUT2D eigenvalue weighted by atomic mass is 10.1. The van der Waals surface area contributed by atoms with Gasteiger partial charge in [-0.2, -0.15) is 0 Å². The van der Waals surface area contributed by atoms with Crippen LogP contribution in [0.4, 0.5) is 0 Å². The lowest BCUT2D eigenvalue weighted by Gasteiger charge is -2.18. The van der Waals surface area contributed by atoms with Crippen LogP contribution >= 0.6 is 0 Å². The maximum Gasteiger partial charge on any atom is 0.251 e. The van der Waals surface area contributed by atoms with Gasteiger partial charge in [-0.3, -0.25) is 9.69 Å². The summed E-state index contributed by atoms with van der Waals surface area (Å²) in [5.41, 5.74) is 1.89. The number of carbonyl (C=O) groups is 1. The Bertz CT molecular complexity index is 372. The average molecular weight is 264 g/mol. The van der Waals surface area contributed by atoms with Crippen LogP contribution in [0.3, 0.4) is 0 Å². The van der Waals surface area contributed by atoms with Gasteiger partial charge in [0.2, 0.25) is 0 Å². The topological polar surface area (TPSA) is 52.6 Å². The molecule has 4 nitrogen and oxygen atoms in total. The van der Waals surface area contributed by atoms with E-state index in [0.29, 0.717) is 18.5 Å². The Morgan fingerprint density at radius 1 is 1.21 bits per heavy atom. The van der Waals surface area contributed by atoms with Gasteiger partial charge in [0.15, 0.2) is 0 Å². The van der Waals surface area contributed by atoms with Crippen LogP contribution in [0, 0.1) is 0 Å². The summed E-state index contributed by atoms with van der Waals surface area (Å²) < 4.78 is 0. The fourth-order valence-corrected chi connectivity index (χ4v) is 1.85. The summed E-state index contributed by atoms with van der Waals surface area (Å²) in [6.45, 7) is 7.87. The molecular formula is C15H24N2O2. The number of amides is 1. The minimum Gasteiger partial charge on any atom is -0.396 e. The molecule has 0 spiro atoms. The van der Waals surface area contributed by atoms with Crippen molar-refractivity contribution in [1.29, 1.82) is 0 Å². The number of hydrogen-bond donors (Lipinski definition) is 2. The van der Waals surface area contributed by atoms with E-state index in [2.05, 4.69) is 24.1 Å². The molecule has 1 aromatic carbocycles. The molecule has 0 unspecified atom stereocenters. The summed E-state index contributed by atoms with van der Waals surface area (Å²) in [4.78, 5) is 14.1. The van der Waals surface area contributed by atoms with Crippen LogP contribution in [0.1, 0.15) is 36.2 Å². The van der Waals surface area contributed by atoms with Gasteiger partial charge in [0.25, 0.3) is 5.91 Å². The summed E-state index contributed by atoms with van der Waals surface area (Å²) in [6, 6.07) is 7.71. The summed E-state index contributed by atoms with van der Waals surface area (Å²) in [5, 5.41) is 11.4. The van der Waals surface area contributed by atoms with E-state index in [1.807, 2.05) is 24.3 Å². The zero-order chi connectivity index (χ0) is 14.1. The fourth-order valence-electron chi connectivity index (χ4n) is 1.85. The predicted molar refractivity (Wildman–Crippen MR) is 77.1 cm³/mol. The maximum absolute atomic E-state index is 11.8. The van der Waals surface area contributed by atoms with Gasteiger partial charge in [-0.25, -0.2) is 0 Å². The third kappa shape index (κ3) is 5.41. The highest BCUT2D eigenvalue weighted by Gasteiger charge is 2.05. The second-order valence-electron chi connectivity index (χ2n) is 4.49. The van der Waals surface area contributed by atoms with E-state index in [0.717, 1.165) is 19.6 Å². The third-order valence-electron chi connectivity index (χ3n) is 3.14. The molecule has 1 rings (SSSR count). The fraction of sp³-hybridized carbons (Fsp3) is 0.533. The van der Waals surface area contributed by atoms with Crippen molar-refractivity contribution in [3.63, 3.8) is 0 Å². The van der Waals surface area contributed by atoms with Crippen LogP contribution in [0.25, 0.3) is 0 Å². The smallest absolute Gasteiger partial charge is 0.251 e. The molecule has 0 radical (unpaired) electrons. The lowest BCUT2D eigenvalue weighted by Crippen LogP contribution is -2.25. The molecule has 106 valence electrons. The van der Waals surface area contributed by atoms with Crippen LogP contribution in [0.2, 0.25) is 0 Å². The molecule has 0 atom stereocenters. The first kappa shape index (κ1) is 15.7. The van der Waals surface area contributed by atoms with Gasteiger partial charge >= 0.3 is 0 Å². The number of carbonyl (C=O) groups excluding carboxylic acids is 1. The van der Waals surface area contributed by atoms with E-state index < -0.39 is 0 Å². The molecule has 0 aromatic heterocycles. The number of rotatable bonds is 8. The average Bonchev–Trinajstić information content (AvgIpc) is 2.45. The van der Waals surface area contributed by atoms with Crippen molar-refractivity contribution < 1.29 is 9.90 Å². The van der Waals surface area contributed by atoms with Gasteiger partial charge in [-0.15, -0.1) is 0 Å². The Kier molecular flexibility index (Phi) is 7.15. The van der Waals surface area contributed by atoms with Crippen LogP contribution in [-0.2, 0) is 6.54 Å². The van der Waals surface area contributed by atoms with Gasteiger partial charge in [0.05, 0.1) is 0 Å². The third-order valence-corrected chi connectivity index (χ3v) is 3.14. The van der Waals surface area contributed by atoms with Gasteiger partial charge < -0.3 is 10.4 Å². The van der Waals surface area contributed by atoms with Gasteiger partial charge in [0, 0.05) is 25.3 Å². The van der Waals surface area contributed by atoms with E-state index >= 15 is 0 Å². The standard InChI is InChI=1S/C15H24N2O2/c1-3-17(4-2)12-13-6-8-14(9-7-13)15(19)16-10-5-11-18/h6-9,18H,3-5,10-12H2,1-2H3,(H,16,19). The van der Waals surface area contributed by atoms with Crippen molar-refractivity contribution in [2.24, 2.45) is 0 Å². The first-order valence-electron chi connectivity index (χ1n) is 6.91. The van der Waals surface area contributed by atoms with Crippen LogP contribution in [-0.4, -0.2) is 42.2 Å². The SMILES string of the molecule is CCN(CC)Cc1ccc(C(=O)NCCCO)cc1. The van der Waals surface area contributed by atoms with Crippen molar-refractivity contribution in [1.82, 2.24) is 10.2 Å². The summed E-state index contributed by atoms with van der Waals surface area (Å²) >= 11 is 0. The Morgan fingerprint density at radius 3 is 2.37 bits per heavy atom. The minimum absolute atomic E-state index is 0.0807. The number of aliphatic hydroxyl groups is 1. The molecule has 1 aromatic rings. The highest BCUT2D eigenvalue weighted by Crippen LogP contribution is 2.07. The Hall–Kier alpha value is -1.39. The van der Waals surface area contributed by atoms with Crippen molar-refractivity contribution in [2.75, 3.05) is 26.2 Å². The molecule has 0 aliphatic rings. The second-order valence-corrected chi connectivity index (χ2v) is 4.49. The molecule has 0 aliphatic carbocycles. The van der Waals surface area contributed by atoms with E-state index in [4.69, 9.17) is 5.11 Å². The van der Waals surface area contributed by atoms with Crippen molar-refractivity contribution >= 4 is 5.91 Å². The minimum atomic E-state index is -0.0807. The van der Waals surface area contributed by atoms with E-state index in [1.54, 1.807) is 0 Å². The summed E-state index contributed by atoms with van der Waals surface area (Å²) in [5.74, 6) is -0.0807. The number of benzene rings is 1. The zero-order valence-corrected chi connectivity index (χ0v) is 11.9. The highest BCUT2D eigenvalue weighted by molar-refractivity contribution is 5.94. The summed E-state index contributed by atoms with van der Waals surface area (Å²) in [7, 11) is 0. The monoisotopic (exact) mass is 264 g/mol. The van der Waals surface area contributed by atoms with Crippen molar-refractivity contribution in [3.05, 3.63) is 35.4 Å². The molecule has 0 saturated heterocycles. The first-order valence-corrected chi connectivity index (χ1v) is 6.91. The Morgan fingerprint density at radius 2 is 1.84 bits per heavy atom. The van der Waals surface area contributed by atoms with Crippen molar-refractivity contribution in [3.8, 4) is 0 Å². The predicted octanol–water partition coefficient (Wildman–Crippen LogP) is 1.64. The maximum atomic E-state index is 11.8. The van der Waals surface area contributed by atoms with E-state index in [-0.39, 0.29) is 12.5 Å². The molecule has 4 heteroatoms. The molecule has 0 fully saturated rings. The number of nitrogens with one attached hydrogen (secondary N) is 1. The van der Waals surface area contributed by atoms with Gasteiger partial charge in [-0.1, -0.05) is 26.0 Å². The first-order chi connectivity index (χ1) is 9.21. The molecule has 1 amide bonds. The molecule has 2 N–H and O–H groups in total. The van der Waals surface area contributed by atoms with Gasteiger partial charge in [-0.05, 0) is 37.2 Å². The molecule has 0 saturated carbocycles. The van der Waals surface area contributed by atoms with Crippen LogP contribution in [0.15, 0.2) is 24.3 Å².